The zero-order valence-corrected chi connectivity index (χ0v) is 16.7. The molecule has 0 saturated heterocycles. The number of amides is 1. The van der Waals surface area contributed by atoms with Crippen molar-refractivity contribution in [3.05, 3.63) is 62.6 Å². The Balaban J connectivity index is 2.24. The van der Waals surface area contributed by atoms with Crippen LogP contribution >= 0.6 is 34.8 Å². The third-order valence-corrected chi connectivity index (χ3v) is 4.27. The Bertz CT molecular complexity index is 960. The van der Waals surface area contributed by atoms with Crippen molar-refractivity contribution in [2.45, 2.75) is 0 Å². The smallest absolute Gasteiger partial charge is 0.343 e. The van der Waals surface area contributed by atoms with Crippen molar-refractivity contribution in [1.29, 1.82) is 5.26 Å². The zero-order chi connectivity index (χ0) is 20.7. The van der Waals surface area contributed by atoms with Crippen LogP contribution in [0.2, 0.25) is 15.1 Å². The minimum atomic E-state index is -0.645. The van der Waals surface area contributed by atoms with E-state index in [1.165, 1.54) is 25.3 Å². The van der Waals surface area contributed by atoms with E-state index in [2.05, 4.69) is 10.1 Å². The largest absolute Gasteiger partial charge is 0.479 e. The molecule has 1 amide bonds. The topological polar surface area (TPSA) is 88.4 Å². The summed E-state index contributed by atoms with van der Waals surface area (Å²) in [6.45, 7) is -0.366. The highest BCUT2D eigenvalue weighted by Crippen LogP contribution is 2.35. The van der Waals surface area contributed by atoms with Crippen LogP contribution < -0.4 is 10.1 Å². The highest BCUT2D eigenvalue weighted by Gasteiger charge is 2.14. The molecule has 1 N–H and O–H groups in total. The van der Waals surface area contributed by atoms with Gasteiger partial charge in [0.1, 0.15) is 11.6 Å². The summed E-state index contributed by atoms with van der Waals surface area (Å²) in [5.74, 6) is -1.15. The highest BCUT2D eigenvalue weighted by molar-refractivity contribution is 6.37. The number of nitrogens with zero attached hydrogens (tertiary/aromatic N) is 1. The van der Waals surface area contributed by atoms with Gasteiger partial charge >= 0.3 is 5.97 Å². The van der Waals surface area contributed by atoms with Crippen LogP contribution in [-0.2, 0) is 14.3 Å². The maximum absolute atomic E-state index is 12.3. The van der Waals surface area contributed by atoms with Crippen LogP contribution in [0.5, 0.6) is 5.75 Å². The number of carbonyl (C=O) groups is 2. The van der Waals surface area contributed by atoms with Crippen LogP contribution in [-0.4, -0.2) is 25.6 Å². The van der Waals surface area contributed by atoms with E-state index in [-0.39, 0.29) is 28.0 Å². The van der Waals surface area contributed by atoms with Gasteiger partial charge in [0.25, 0.3) is 5.91 Å². The highest BCUT2D eigenvalue weighted by atomic mass is 35.5. The molecule has 2 aromatic carbocycles. The quantitative estimate of drug-likeness (QED) is 0.399. The lowest BCUT2D eigenvalue weighted by Crippen LogP contribution is -2.14. The summed E-state index contributed by atoms with van der Waals surface area (Å²) in [7, 11) is 1.22. The molecule has 0 aromatic heterocycles. The normalized spacial score (nSPS) is 10.8. The third-order valence-electron chi connectivity index (χ3n) is 3.38. The van der Waals surface area contributed by atoms with Crippen molar-refractivity contribution in [2.24, 2.45) is 0 Å². The summed E-state index contributed by atoms with van der Waals surface area (Å²) in [5.41, 5.74) is 0.583. The van der Waals surface area contributed by atoms with Crippen molar-refractivity contribution in [3.8, 4) is 11.8 Å². The maximum Gasteiger partial charge on any atom is 0.343 e. The molecule has 0 spiro atoms. The van der Waals surface area contributed by atoms with E-state index in [9.17, 15) is 14.9 Å². The number of hydrogen-bond acceptors (Lipinski definition) is 5. The Kier molecular flexibility index (Phi) is 7.70. The van der Waals surface area contributed by atoms with Gasteiger partial charge in [-0.25, -0.2) is 4.79 Å². The Labute approximate surface area is 176 Å². The molecule has 0 fully saturated rings. The Morgan fingerprint density at radius 2 is 1.79 bits per heavy atom. The molecule has 0 aliphatic heterocycles. The van der Waals surface area contributed by atoms with Gasteiger partial charge in [0, 0.05) is 0 Å². The molecular formula is C19H13Cl3N2O4. The first kappa shape index (κ1) is 21.6. The van der Waals surface area contributed by atoms with Gasteiger partial charge in [-0.15, -0.1) is 0 Å². The first-order chi connectivity index (χ1) is 13.3. The standard InChI is InChI=1S/C19H13Cl3N2O4/c1-27-17(25)10-28-18-14(21)7-11(8-15(18)22)6-12(9-23)19(26)24-16-5-3-2-4-13(16)20/h2-8H,10H2,1H3,(H,24,26)/b12-6+. The molecule has 9 heteroatoms. The maximum atomic E-state index is 12.3. The Hall–Kier alpha value is -2.72. The molecule has 144 valence electrons. The van der Waals surface area contributed by atoms with E-state index < -0.39 is 11.9 Å². The van der Waals surface area contributed by atoms with Crippen molar-refractivity contribution >= 4 is 58.4 Å². The van der Waals surface area contributed by atoms with Crippen LogP contribution in [0, 0.1) is 11.3 Å². The number of anilines is 1. The molecule has 0 saturated carbocycles. The molecule has 0 aliphatic rings. The Morgan fingerprint density at radius 1 is 1.14 bits per heavy atom. The van der Waals surface area contributed by atoms with Gasteiger partial charge in [0.05, 0.1) is 27.9 Å². The SMILES string of the molecule is COC(=O)COc1c(Cl)cc(/C=C(\C#N)C(=O)Nc2ccccc2Cl)cc1Cl. The number of nitriles is 1. The molecule has 0 aliphatic carbocycles. The van der Waals surface area contributed by atoms with E-state index in [0.717, 1.165) is 0 Å². The molecule has 2 aromatic rings. The molecule has 0 radical (unpaired) electrons. The average Bonchev–Trinajstić information content (AvgIpc) is 2.66. The summed E-state index contributed by atoms with van der Waals surface area (Å²) in [5, 5.41) is 12.4. The molecule has 0 unspecified atom stereocenters. The second kappa shape index (κ2) is 10.00. The molecule has 0 bridgehead atoms. The van der Waals surface area contributed by atoms with Gasteiger partial charge in [-0.3, -0.25) is 4.79 Å². The minimum absolute atomic E-state index is 0.0879. The second-order valence-electron chi connectivity index (χ2n) is 5.28. The van der Waals surface area contributed by atoms with Crippen molar-refractivity contribution in [1.82, 2.24) is 0 Å². The molecule has 2 rings (SSSR count). The van der Waals surface area contributed by atoms with Gasteiger partial charge in [-0.1, -0.05) is 46.9 Å². The van der Waals surface area contributed by atoms with E-state index in [4.69, 9.17) is 39.5 Å². The first-order valence-corrected chi connectivity index (χ1v) is 8.85. The summed E-state index contributed by atoms with van der Waals surface area (Å²) in [6, 6.07) is 11.3. The fourth-order valence-corrected chi connectivity index (χ4v) is 2.85. The molecular weight excluding hydrogens is 427 g/mol. The van der Waals surface area contributed by atoms with Crippen LogP contribution in [0.1, 0.15) is 5.56 Å². The molecule has 0 heterocycles. The summed E-state index contributed by atoms with van der Waals surface area (Å²) < 4.78 is 9.70. The Morgan fingerprint density at radius 3 is 2.36 bits per heavy atom. The van der Waals surface area contributed by atoms with Gasteiger partial charge in [0.2, 0.25) is 0 Å². The third kappa shape index (κ3) is 5.64. The predicted octanol–water partition coefficient (Wildman–Crippen LogP) is 4.74. The molecule has 28 heavy (non-hydrogen) atoms. The number of halogens is 3. The molecule has 0 atom stereocenters. The zero-order valence-electron chi connectivity index (χ0n) is 14.5. The van der Waals surface area contributed by atoms with Gasteiger partial charge < -0.3 is 14.8 Å². The van der Waals surface area contributed by atoms with Gasteiger partial charge in [-0.2, -0.15) is 5.26 Å². The van der Waals surface area contributed by atoms with Crippen molar-refractivity contribution in [3.63, 3.8) is 0 Å². The second-order valence-corrected chi connectivity index (χ2v) is 6.50. The van der Waals surface area contributed by atoms with E-state index in [0.29, 0.717) is 16.3 Å². The van der Waals surface area contributed by atoms with E-state index in [1.54, 1.807) is 24.3 Å². The number of ether oxygens (including phenoxy) is 2. The summed E-state index contributed by atoms with van der Waals surface area (Å²) in [4.78, 5) is 23.5. The minimum Gasteiger partial charge on any atom is -0.479 e. The van der Waals surface area contributed by atoms with Crippen molar-refractivity contribution < 1.29 is 19.1 Å². The van der Waals surface area contributed by atoms with Crippen LogP contribution in [0.25, 0.3) is 6.08 Å². The monoisotopic (exact) mass is 438 g/mol. The van der Waals surface area contributed by atoms with Gasteiger partial charge in [0.15, 0.2) is 12.4 Å². The van der Waals surface area contributed by atoms with E-state index in [1.807, 2.05) is 6.07 Å². The fourth-order valence-electron chi connectivity index (χ4n) is 2.06. The number of esters is 1. The number of hydrogen-bond donors (Lipinski definition) is 1. The van der Waals surface area contributed by atoms with Crippen LogP contribution in [0.3, 0.4) is 0 Å². The predicted molar refractivity (Wildman–Crippen MR) is 108 cm³/mol. The first-order valence-electron chi connectivity index (χ1n) is 7.72. The van der Waals surface area contributed by atoms with Crippen LogP contribution in [0.4, 0.5) is 5.69 Å². The summed E-state index contributed by atoms with van der Waals surface area (Å²) in [6.07, 6.45) is 1.31. The number of methoxy groups -OCH3 is 1. The summed E-state index contributed by atoms with van der Waals surface area (Å²) >= 11 is 18.3. The number of carbonyl (C=O) groups excluding carboxylic acids is 2. The number of benzene rings is 2. The lowest BCUT2D eigenvalue weighted by molar-refractivity contribution is -0.142. The van der Waals surface area contributed by atoms with E-state index >= 15 is 0 Å². The molecule has 6 nitrogen and oxygen atoms in total. The number of para-hydroxylation sites is 1. The number of nitrogens with one attached hydrogen (secondary N) is 1. The lowest BCUT2D eigenvalue weighted by Gasteiger charge is -2.10. The van der Waals surface area contributed by atoms with Crippen molar-refractivity contribution in [2.75, 3.05) is 19.0 Å². The average molecular weight is 440 g/mol. The fraction of sp³-hybridized carbons (Fsp3) is 0.105. The van der Waals surface area contributed by atoms with Crippen LogP contribution in [0.15, 0.2) is 42.0 Å². The lowest BCUT2D eigenvalue weighted by atomic mass is 10.1. The van der Waals surface area contributed by atoms with Gasteiger partial charge in [-0.05, 0) is 35.9 Å². The number of rotatable bonds is 6.